The number of piperazine rings is 1. The second kappa shape index (κ2) is 7.62. The van der Waals surface area contributed by atoms with Crippen LogP contribution in [0.4, 0.5) is 0 Å². The van der Waals surface area contributed by atoms with Crippen LogP contribution in [0.15, 0.2) is 24.3 Å². The normalized spacial score (nSPS) is 18.9. The molecule has 1 aliphatic heterocycles. The van der Waals surface area contributed by atoms with Gasteiger partial charge in [-0.2, -0.15) is 0 Å². The van der Waals surface area contributed by atoms with Crippen molar-refractivity contribution >= 4 is 0 Å². The van der Waals surface area contributed by atoms with E-state index in [1.807, 2.05) is 13.1 Å². The fraction of sp³-hybridized carbons (Fsp3) is 0.625. The Hall–Kier alpha value is -1.10. The van der Waals surface area contributed by atoms with E-state index in [0.717, 1.165) is 45.1 Å². The highest BCUT2D eigenvalue weighted by Gasteiger charge is 2.13. The van der Waals surface area contributed by atoms with Gasteiger partial charge < -0.3 is 15.0 Å². The number of nitrogens with zero attached hydrogens (tertiary/aromatic N) is 2. The summed E-state index contributed by atoms with van der Waals surface area (Å²) in [6.07, 6.45) is 0. The zero-order chi connectivity index (χ0) is 14.4. The van der Waals surface area contributed by atoms with Gasteiger partial charge in [-0.25, -0.2) is 0 Å². The Labute approximate surface area is 122 Å². The molecule has 1 unspecified atom stereocenters. The average Bonchev–Trinajstić information content (AvgIpc) is 2.49. The second-order valence-corrected chi connectivity index (χ2v) is 5.58. The minimum absolute atomic E-state index is 0.358. The van der Waals surface area contributed by atoms with Crippen molar-refractivity contribution in [2.75, 3.05) is 53.4 Å². The van der Waals surface area contributed by atoms with E-state index in [2.05, 4.69) is 47.3 Å². The van der Waals surface area contributed by atoms with Crippen LogP contribution >= 0.6 is 0 Å². The van der Waals surface area contributed by atoms with E-state index in [0.29, 0.717) is 6.04 Å². The highest BCUT2D eigenvalue weighted by molar-refractivity contribution is 5.30. The molecule has 112 valence electrons. The van der Waals surface area contributed by atoms with Crippen molar-refractivity contribution < 1.29 is 4.74 Å². The van der Waals surface area contributed by atoms with Gasteiger partial charge in [-0.15, -0.1) is 0 Å². The third-order valence-electron chi connectivity index (χ3n) is 4.06. The molecule has 4 nitrogen and oxygen atoms in total. The van der Waals surface area contributed by atoms with Crippen LogP contribution in [0.3, 0.4) is 0 Å². The smallest absolute Gasteiger partial charge is 0.119 e. The maximum atomic E-state index is 5.89. The van der Waals surface area contributed by atoms with E-state index in [4.69, 9.17) is 4.74 Å². The predicted octanol–water partition coefficient (Wildman–Crippen LogP) is 1.59. The standard InChI is InChI=1S/C16H27N3O/c1-14(17-2)15-5-4-6-16(13-15)20-12-11-19-9-7-18(3)8-10-19/h4-6,13-14,17H,7-12H2,1-3H3. The fourth-order valence-corrected chi connectivity index (χ4v) is 2.40. The molecule has 0 saturated carbocycles. The van der Waals surface area contributed by atoms with Gasteiger partial charge in [-0.3, -0.25) is 4.90 Å². The minimum atomic E-state index is 0.358. The van der Waals surface area contributed by atoms with E-state index < -0.39 is 0 Å². The summed E-state index contributed by atoms with van der Waals surface area (Å²) in [6, 6.07) is 8.72. The molecule has 1 saturated heterocycles. The van der Waals surface area contributed by atoms with Gasteiger partial charge in [-0.1, -0.05) is 12.1 Å². The van der Waals surface area contributed by atoms with Crippen LogP contribution in [-0.4, -0.2) is 63.2 Å². The summed E-state index contributed by atoms with van der Waals surface area (Å²) in [5.74, 6) is 0.971. The molecule has 2 rings (SSSR count). The quantitative estimate of drug-likeness (QED) is 0.855. The van der Waals surface area contributed by atoms with Gasteiger partial charge in [0.2, 0.25) is 0 Å². The Kier molecular flexibility index (Phi) is 5.83. The third-order valence-corrected chi connectivity index (χ3v) is 4.06. The molecule has 0 amide bonds. The van der Waals surface area contributed by atoms with E-state index in [1.54, 1.807) is 0 Å². The lowest BCUT2D eigenvalue weighted by Gasteiger charge is -2.32. The zero-order valence-corrected chi connectivity index (χ0v) is 12.9. The summed E-state index contributed by atoms with van der Waals surface area (Å²) in [4.78, 5) is 4.85. The molecule has 1 aromatic rings. The van der Waals surface area contributed by atoms with Gasteiger partial charge in [0.15, 0.2) is 0 Å². The Morgan fingerprint density at radius 2 is 2.00 bits per heavy atom. The molecule has 1 aliphatic rings. The van der Waals surface area contributed by atoms with Gasteiger partial charge in [0.1, 0.15) is 12.4 Å². The molecule has 0 spiro atoms. The third kappa shape index (κ3) is 4.47. The monoisotopic (exact) mass is 277 g/mol. The first-order chi connectivity index (χ1) is 9.69. The van der Waals surface area contributed by atoms with Gasteiger partial charge in [0.25, 0.3) is 0 Å². The predicted molar refractivity (Wildman–Crippen MR) is 83.3 cm³/mol. The molecule has 1 aromatic carbocycles. The summed E-state index contributed by atoms with van der Waals surface area (Å²) in [5, 5.41) is 3.25. The van der Waals surface area contributed by atoms with E-state index >= 15 is 0 Å². The average molecular weight is 277 g/mol. The summed E-state index contributed by atoms with van der Waals surface area (Å²) in [5.41, 5.74) is 1.27. The van der Waals surface area contributed by atoms with E-state index in [9.17, 15) is 0 Å². The zero-order valence-electron chi connectivity index (χ0n) is 12.9. The second-order valence-electron chi connectivity index (χ2n) is 5.58. The summed E-state index contributed by atoms with van der Waals surface area (Å²) in [7, 11) is 4.16. The Bertz CT molecular complexity index is 402. The SMILES string of the molecule is CNC(C)c1cccc(OCCN2CCN(C)CC2)c1. The van der Waals surface area contributed by atoms with Crippen LogP contribution in [0.2, 0.25) is 0 Å². The first-order valence-corrected chi connectivity index (χ1v) is 7.50. The Morgan fingerprint density at radius 1 is 1.25 bits per heavy atom. The first-order valence-electron chi connectivity index (χ1n) is 7.50. The molecule has 4 heteroatoms. The lowest BCUT2D eigenvalue weighted by Crippen LogP contribution is -2.45. The molecule has 0 bridgehead atoms. The summed E-state index contributed by atoms with van der Waals surface area (Å²) < 4.78 is 5.89. The van der Waals surface area contributed by atoms with Crippen LogP contribution < -0.4 is 10.1 Å². The van der Waals surface area contributed by atoms with Gasteiger partial charge in [0.05, 0.1) is 0 Å². The summed E-state index contributed by atoms with van der Waals surface area (Å²) in [6.45, 7) is 8.56. The molecule has 1 N–H and O–H groups in total. The van der Waals surface area contributed by atoms with Crippen LogP contribution in [0.1, 0.15) is 18.5 Å². The molecule has 0 radical (unpaired) electrons. The summed E-state index contributed by atoms with van der Waals surface area (Å²) >= 11 is 0. The van der Waals surface area contributed by atoms with Crippen molar-refractivity contribution in [3.63, 3.8) is 0 Å². The maximum absolute atomic E-state index is 5.89. The van der Waals surface area contributed by atoms with E-state index in [1.165, 1.54) is 5.56 Å². The van der Waals surface area contributed by atoms with Crippen LogP contribution in [0.5, 0.6) is 5.75 Å². The molecule has 1 heterocycles. The molecule has 1 atom stereocenters. The highest BCUT2D eigenvalue weighted by Crippen LogP contribution is 2.18. The molecular weight excluding hydrogens is 250 g/mol. The van der Waals surface area contributed by atoms with Gasteiger partial charge in [-0.05, 0) is 38.7 Å². The minimum Gasteiger partial charge on any atom is -0.492 e. The van der Waals surface area contributed by atoms with Gasteiger partial charge >= 0.3 is 0 Å². The van der Waals surface area contributed by atoms with Crippen molar-refractivity contribution in [2.24, 2.45) is 0 Å². The van der Waals surface area contributed by atoms with Crippen molar-refractivity contribution in [1.29, 1.82) is 0 Å². The van der Waals surface area contributed by atoms with Crippen LogP contribution in [0.25, 0.3) is 0 Å². The molecule has 1 fully saturated rings. The largest absolute Gasteiger partial charge is 0.492 e. The number of hydrogen-bond donors (Lipinski definition) is 1. The number of benzene rings is 1. The lowest BCUT2D eigenvalue weighted by molar-refractivity contribution is 0.133. The molecule has 0 aromatic heterocycles. The van der Waals surface area contributed by atoms with Crippen molar-refractivity contribution in [3.05, 3.63) is 29.8 Å². The van der Waals surface area contributed by atoms with Crippen LogP contribution in [0, 0.1) is 0 Å². The number of rotatable bonds is 6. The molecule has 20 heavy (non-hydrogen) atoms. The van der Waals surface area contributed by atoms with E-state index in [-0.39, 0.29) is 0 Å². The maximum Gasteiger partial charge on any atom is 0.119 e. The topological polar surface area (TPSA) is 27.7 Å². The van der Waals surface area contributed by atoms with Crippen molar-refractivity contribution in [1.82, 2.24) is 15.1 Å². The lowest BCUT2D eigenvalue weighted by atomic mass is 10.1. The van der Waals surface area contributed by atoms with Gasteiger partial charge in [0, 0.05) is 38.8 Å². The number of hydrogen-bond acceptors (Lipinski definition) is 4. The highest BCUT2D eigenvalue weighted by atomic mass is 16.5. The number of nitrogens with one attached hydrogen (secondary N) is 1. The Balaban J connectivity index is 1.76. The first kappa shape index (κ1) is 15.3. The fourth-order valence-electron chi connectivity index (χ4n) is 2.40. The molecule has 0 aliphatic carbocycles. The van der Waals surface area contributed by atoms with Crippen LogP contribution in [-0.2, 0) is 0 Å². The van der Waals surface area contributed by atoms with Crippen molar-refractivity contribution in [2.45, 2.75) is 13.0 Å². The number of ether oxygens (including phenoxy) is 1. The molecular formula is C16H27N3O. The Morgan fingerprint density at radius 3 is 2.70 bits per heavy atom. The van der Waals surface area contributed by atoms with Crippen molar-refractivity contribution in [3.8, 4) is 5.75 Å². The number of likely N-dealkylation sites (N-methyl/N-ethyl adjacent to an activating group) is 1.